The molecule has 0 spiro atoms. The molecule has 0 aliphatic heterocycles. The third-order valence-corrected chi connectivity index (χ3v) is 1.58. The molecule has 4 nitrogen and oxygen atoms in total. The first-order valence-electron chi connectivity index (χ1n) is 2.54. The number of anilines is 1. The number of aromatic nitrogens is 2. The first kappa shape index (κ1) is 8.05. The van der Waals surface area contributed by atoms with E-state index in [-0.39, 0.29) is 21.6 Å². The SMILES string of the molecule is N#Cc1c(Cl)nnc(Cl)c1N. The highest BCUT2D eigenvalue weighted by Gasteiger charge is 2.09. The molecule has 0 atom stereocenters. The van der Waals surface area contributed by atoms with Gasteiger partial charge in [0.15, 0.2) is 10.3 Å². The van der Waals surface area contributed by atoms with Gasteiger partial charge in [-0.25, -0.2) is 0 Å². The van der Waals surface area contributed by atoms with Crippen molar-refractivity contribution >= 4 is 28.9 Å². The highest BCUT2D eigenvalue weighted by Crippen LogP contribution is 2.23. The topological polar surface area (TPSA) is 75.6 Å². The molecule has 0 radical (unpaired) electrons. The average Bonchev–Trinajstić information content (AvgIpc) is 1.99. The van der Waals surface area contributed by atoms with Crippen molar-refractivity contribution in [2.24, 2.45) is 0 Å². The Labute approximate surface area is 72.5 Å². The fraction of sp³-hybridized carbons (Fsp3) is 0. The van der Waals surface area contributed by atoms with Gasteiger partial charge in [0.05, 0.1) is 5.69 Å². The Hall–Kier alpha value is -1.05. The molecule has 1 heterocycles. The van der Waals surface area contributed by atoms with E-state index < -0.39 is 0 Å². The molecule has 0 saturated carbocycles. The van der Waals surface area contributed by atoms with Gasteiger partial charge < -0.3 is 5.73 Å². The lowest BCUT2D eigenvalue weighted by atomic mass is 10.3. The standard InChI is InChI=1S/C5H2Cl2N4/c6-4-2(1-8)3(9)5(7)11-10-4/h(H2,9,10). The first-order valence-corrected chi connectivity index (χ1v) is 3.29. The molecule has 1 aromatic heterocycles. The van der Waals surface area contributed by atoms with Crippen LogP contribution in [0.4, 0.5) is 5.69 Å². The summed E-state index contributed by atoms with van der Waals surface area (Å²) in [5, 5.41) is 15.2. The van der Waals surface area contributed by atoms with Crippen LogP contribution in [0.3, 0.4) is 0 Å². The molecule has 0 amide bonds. The molecule has 2 N–H and O–H groups in total. The van der Waals surface area contributed by atoms with Crippen molar-refractivity contribution < 1.29 is 0 Å². The number of rotatable bonds is 0. The van der Waals surface area contributed by atoms with Gasteiger partial charge >= 0.3 is 0 Å². The zero-order valence-electron chi connectivity index (χ0n) is 5.17. The van der Waals surface area contributed by atoms with Crippen LogP contribution >= 0.6 is 23.2 Å². The van der Waals surface area contributed by atoms with Crippen LogP contribution in [0.5, 0.6) is 0 Å². The zero-order valence-corrected chi connectivity index (χ0v) is 6.69. The van der Waals surface area contributed by atoms with Crippen molar-refractivity contribution in [2.75, 3.05) is 5.73 Å². The number of nitrogens with two attached hydrogens (primary N) is 1. The number of hydrogen-bond acceptors (Lipinski definition) is 4. The molecule has 56 valence electrons. The van der Waals surface area contributed by atoms with Crippen molar-refractivity contribution in [3.8, 4) is 6.07 Å². The third kappa shape index (κ3) is 1.34. The van der Waals surface area contributed by atoms with Gasteiger partial charge in [0.25, 0.3) is 0 Å². The van der Waals surface area contributed by atoms with E-state index in [1.165, 1.54) is 0 Å². The maximum absolute atomic E-state index is 8.48. The van der Waals surface area contributed by atoms with Gasteiger partial charge in [-0.15, -0.1) is 10.2 Å². The molecule has 11 heavy (non-hydrogen) atoms. The second kappa shape index (κ2) is 2.91. The summed E-state index contributed by atoms with van der Waals surface area (Å²) in [6.07, 6.45) is 0. The Kier molecular flexibility index (Phi) is 2.13. The highest BCUT2D eigenvalue weighted by atomic mass is 35.5. The van der Waals surface area contributed by atoms with E-state index in [1.54, 1.807) is 6.07 Å². The van der Waals surface area contributed by atoms with Crippen molar-refractivity contribution in [2.45, 2.75) is 0 Å². The summed E-state index contributed by atoms with van der Waals surface area (Å²) in [6.45, 7) is 0. The number of halogens is 2. The van der Waals surface area contributed by atoms with Gasteiger partial charge in [0.2, 0.25) is 0 Å². The van der Waals surface area contributed by atoms with Crippen LogP contribution in [0.15, 0.2) is 0 Å². The lowest BCUT2D eigenvalue weighted by Gasteiger charge is -1.97. The highest BCUT2D eigenvalue weighted by molar-refractivity contribution is 6.34. The molecule has 0 fully saturated rings. The largest absolute Gasteiger partial charge is 0.395 e. The maximum atomic E-state index is 8.48. The van der Waals surface area contributed by atoms with Gasteiger partial charge in [-0.1, -0.05) is 23.2 Å². The summed E-state index contributed by atoms with van der Waals surface area (Å²) in [6, 6.07) is 1.76. The lowest BCUT2D eigenvalue weighted by molar-refractivity contribution is 1.03. The van der Waals surface area contributed by atoms with Gasteiger partial charge in [-0.3, -0.25) is 0 Å². The van der Waals surface area contributed by atoms with Crippen LogP contribution in [0, 0.1) is 11.3 Å². The van der Waals surface area contributed by atoms with Gasteiger partial charge in [-0.05, 0) is 0 Å². The average molecular weight is 189 g/mol. The van der Waals surface area contributed by atoms with Crippen molar-refractivity contribution in [3.05, 3.63) is 15.9 Å². The first-order chi connectivity index (χ1) is 5.16. The number of hydrogen-bond donors (Lipinski definition) is 1. The van der Waals surface area contributed by atoms with E-state index in [1.807, 2.05) is 0 Å². The van der Waals surface area contributed by atoms with E-state index >= 15 is 0 Å². The minimum absolute atomic E-state index is 0.00838. The molecule has 0 saturated heterocycles. The Morgan fingerprint density at radius 1 is 1.27 bits per heavy atom. The quantitative estimate of drug-likeness (QED) is 0.665. The van der Waals surface area contributed by atoms with E-state index in [2.05, 4.69) is 10.2 Å². The Morgan fingerprint density at radius 2 is 1.82 bits per heavy atom. The van der Waals surface area contributed by atoms with Gasteiger partial charge in [-0.2, -0.15) is 5.26 Å². The number of nitriles is 1. The molecule has 0 aliphatic rings. The Balaban J connectivity index is 3.44. The third-order valence-electron chi connectivity index (χ3n) is 1.04. The van der Waals surface area contributed by atoms with E-state index in [0.717, 1.165) is 0 Å². The molecule has 0 aliphatic carbocycles. The normalized spacial score (nSPS) is 9.18. The lowest BCUT2D eigenvalue weighted by Crippen LogP contribution is -1.97. The zero-order chi connectivity index (χ0) is 8.43. The summed E-state index contributed by atoms with van der Waals surface area (Å²) in [7, 11) is 0. The Morgan fingerprint density at radius 3 is 2.27 bits per heavy atom. The van der Waals surface area contributed by atoms with Crippen molar-refractivity contribution in [1.82, 2.24) is 10.2 Å². The fourth-order valence-electron chi connectivity index (χ4n) is 0.512. The van der Waals surface area contributed by atoms with Gasteiger partial charge in [0.1, 0.15) is 11.6 Å². The van der Waals surface area contributed by atoms with Gasteiger partial charge in [0, 0.05) is 0 Å². The minimum Gasteiger partial charge on any atom is -0.395 e. The van der Waals surface area contributed by atoms with E-state index in [4.69, 9.17) is 34.2 Å². The maximum Gasteiger partial charge on any atom is 0.176 e. The Bertz CT molecular complexity index is 330. The van der Waals surface area contributed by atoms with Crippen LogP contribution < -0.4 is 5.73 Å². The number of nitrogen functional groups attached to an aromatic ring is 1. The van der Waals surface area contributed by atoms with Crippen molar-refractivity contribution in [1.29, 1.82) is 5.26 Å². The summed E-state index contributed by atoms with van der Waals surface area (Å²) in [5.41, 5.74) is 5.48. The molecular formula is C5H2Cl2N4. The van der Waals surface area contributed by atoms with Crippen LogP contribution in [-0.4, -0.2) is 10.2 Å². The molecule has 1 rings (SSSR count). The fourth-order valence-corrected chi connectivity index (χ4v) is 0.826. The minimum atomic E-state index is -0.0330. The summed E-state index contributed by atoms with van der Waals surface area (Å²) < 4.78 is 0. The smallest absolute Gasteiger partial charge is 0.176 e. The predicted molar refractivity (Wildman–Crippen MR) is 41.2 cm³/mol. The van der Waals surface area contributed by atoms with Crippen molar-refractivity contribution in [3.63, 3.8) is 0 Å². The molecule has 0 aromatic carbocycles. The summed E-state index contributed by atoms with van der Waals surface area (Å²) in [4.78, 5) is 0. The molecular weight excluding hydrogens is 187 g/mol. The van der Waals surface area contributed by atoms with Crippen LogP contribution in [-0.2, 0) is 0 Å². The predicted octanol–water partition coefficient (Wildman–Crippen LogP) is 1.24. The van der Waals surface area contributed by atoms with Crippen LogP contribution in [0.25, 0.3) is 0 Å². The molecule has 0 bridgehead atoms. The second-order valence-electron chi connectivity index (χ2n) is 1.68. The van der Waals surface area contributed by atoms with E-state index in [9.17, 15) is 0 Å². The van der Waals surface area contributed by atoms with E-state index in [0.29, 0.717) is 0 Å². The summed E-state index contributed by atoms with van der Waals surface area (Å²) in [5.74, 6) is 0. The molecule has 6 heteroatoms. The second-order valence-corrected chi connectivity index (χ2v) is 2.40. The molecule has 1 aromatic rings. The summed E-state index contributed by atoms with van der Waals surface area (Å²) >= 11 is 10.9. The van der Waals surface area contributed by atoms with Crippen LogP contribution in [0.2, 0.25) is 10.3 Å². The van der Waals surface area contributed by atoms with Crippen LogP contribution in [0.1, 0.15) is 5.56 Å². The monoisotopic (exact) mass is 188 g/mol. The molecule has 0 unspecified atom stereocenters. The number of nitrogens with zero attached hydrogens (tertiary/aromatic N) is 3.